The third-order valence-electron chi connectivity index (χ3n) is 2.99. The lowest BCUT2D eigenvalue weighted by Gasteiger charge is -2.19. The van der Waals surface area contributed by atoms with Crippen LogP contribution in [0, 0.1) is 0 Å². The Balaban J connectivity index is 2.44. The lowest BCUT2D eigenvalue weighted by atomic mass is 10.3. The molecule has 0 unspecified atom stereocenters. The molecule has 20 heavy (non-hydrogen) atoms. The zero-order valence-corrected chi connectivity index (χ0v) is 12.5. The number of anilines is 1. The van der Waals surface area contributed by atoms with Crippen molar-refractivity contribution in [1.82, 2.24) is 4.90 Å². The Bertz CT molecular complexity index is 410. The molecule has 5 heteroatoms. The van der Waals surface area contributed by atoms with Crippen molar-refractivity contribution in [1.29, 1.82) is 0 Å². The van der Waals surface area contributed by atoms with Crippen LogP contribution in [0.1, 0.15) is 13.3 Å². The van der Waals surface area contributed by atoms with Gasteiger partial charge in [-0.15, -0.1) is 0 Å². The smallest absolute Gasteiger partial charge is 0.238 e. The minimum absolute atomic E-state index is 0.0162. The van der Waals surface area contributed by atoms with E-state index in [1.54, 1.807) is 20.3 Å². The molecule has 0 spiro atoms. The topological polar surface area (TPSA) is 50.8 Å². The fourth-order valence-corrected chi connectivity index (χ4v) is 1.89. The quantitative estimate of drug-likeness (QED) is 0.703. The van der Waals surface area contributed by atoms with Crippen LogP contribution in [-0.4, -0.2) is 51.3 Å². The summed E-state index contributed by atoms with van der Waals surface area (Å²) in [4.78, 5) is 14.1. The summed E-state index contributed by atoms with van der Waals surface area (Å²) in [6, 6.07) is 7.35. The summed E-state index contributed by atoms with van der Waals surface area (Å²) >= 11 is 0. The van der Waals surface area contributed by atoms with Gasteiger partial charge < -0.3 is 14.8 Å². The van der Waals surface area contributed by atoms with Crippen molar-refractivity contribution in [2.45, 2.75) is 13.3 Å². The van der Waals surface area contributed by atoms with Crippen molar-refractivity contribution in [3.05, 3.63) is 24.3 Å². The first-order valence-corrected chi connectivity index (χ1v) is 6.84. The molecule has 1 aromatic carbocycles. The van der Waals surface area contributed by atoms with Crippen LogP contribution in [0.3, 0.4) is 0 Å². The van der Waals surface area contributed by atoms with Gasteiger partial charge in [-0.1, -0.05) is 13.0 Å². The minimum atomic E-state index is -0.0162. The number of hydrogen-bond acceptors (Lipinski definition) is 4. The molecule has 0 heterocycles. The Hall–Kier alpha value is -1.59. The third kappa shape index (κ3) is 6.04. The average Bonchev–Trinajstić information content (AvgIpc) is 2.46. The first-order valence-electron chi connectivity index (χ1n) is 6.84. The van der Waals surface area contributed by atoms with Crippen LogP contribution < -0.4 is 10.1 Å². The lowest BCUT2D eigenvalue weighted by Crippen LogP contribution is -2.34. The SMILES string of the molecule is CCN(CCCOC)CC(=O)Nc1cccc(OC)c1. The number of benzene rings is 1. The van der Waals surface area contributed by atoms with Crippen LogP contribution in [0.15, 0.2) is 24.3 Å². The fourth-order valence-electron chi connectivity index (χ4n) is 1.89. The molecule has 0 fully saturated rings. The first kappa shape index (κ1) is 16.5. The maximum atomic E-state index is 12.0. The number of amides is 1. The van der Waals surface area contributed by atoms with E-state index < -0.39 is 0 Å². The summed E-state index contributed by atoms with van der Waals surface area (Å²) in [7, 11) is 3.29. The Morgan fingerprint density at radius 3 is 2.80 bits per heavy atom. The van der Waals surface area contributed by atoms with Crippen molar-refractivity contribution < 1.29 is 14.3 Å². The van der Waals surface area contributed by atoms with Crippen LogP contribution in [0.5, 0.6) is 5.75 Å². The van der Waals surface area contributed by atoms with E-state index in [1.807, 2.05) is 25.1 Å². The van der Waals surface area contributed by atoms with Crippen molar-refractivity contribution in [2.75, 3.05) is 45.8 Å². The van der Waals surface area contributed by atoms with E-state index in [0.29, 0.717) is 13.2 Å². The highest BCUT2D eigenvalue weighted by molar-refractivity contribution is 5.92. The predicted octanol–water partition coefficient (Wildman–Crippen LogP) is 1.99. The normalized spacial score (nSPS) is 10.6. The average molecular weight is 280 g/mol. The second-order valence-electron chi connectivity index (χ2n) is 4.50. The maximum absolute atomic E-state index is 12.0. The van der Waals surface area contributed by atoms with E-state index >= 15 is 0 Å². The number of methoxy groups -OCH3 is 2. The molecule has 0 aromatic heterocycles. The van der Waals surface area contributed by atoms with E-state index in [9.17, 15) is 4.79 Å². The maximum Gasteiger partial charge on any atom is 0.238 e. The second kappa shape index (κ2) is 9.34. The molecule has 112 valence electrons. The summed E-state index contributed by atoms with van der Waals surface area (Å²) in [5.74, 6) is 0.716. The highest BCUT2D eigenvalue weighted by atomic mass is 16.5. The first-order chi connectivity index (χ1) is 9.69. The number of rotatable bonds is 9. The highest BCUT2D eigenvalue weighted by Crippen LogP contribution is 2.16. The molecule has 0 bridgehead atoms. The zero-order valence-electron chi connectivity index (χ0n) is 12.5. The van der Waals surface area contributed by atoms with Crippen LogP contribution >= 0.6 is 0 Å². The number of hydrogen-bond donors (Lipinski definition) is 1. The molecule has 0 radical (unpaired) electrons. The van der Waals surface area contributed by atoms with Crippen LogP contribution in [0.4, 0.5) is 5.69 Å². The molecular weight excluding hydrogens is 256 g/mol. The van der Waals surface area contributed by atoms with E-state index in [-0.39, 0.29) is 5.91 Å². The number of likely N-dealkylation sites (N-methyl/N-ethyl adjacent to an activating group) is 1. The van der Waals surface area contributed by atoms with E-state index in [4.69, 9.17) is 9.47 Å². The molecule has 0 aliphatic carbocycles. The molecule has 0 atom stereocenters. The van der Waals surface area contributed by atoms with Gasteiger partial charge in [0.05, 0.1) is 13.7 Å². The van der Waals surface area contributed by atoms with E-state index in [0.717, 1.165) is 30.9 Å². The molecular formula is C15H24N2O3. The number of carbonyl (C=O) groups excluding carboxylic acids is 1. The highest BCUT2D eigenvalue weighted by Gasteiger charge is 2.09. The molecule has 0 aliphatic heterocycles. The van der Waals surface area contributed by atoms with Crippen molar-refractivity contribution in [3.8, 4) is 5.75 Å². The van der Waals surface area contributed by atoms with Gasteiger partial charge in [-0.2, -0.15) is 0 Å². The fraction of sp³-hybridized carbons (Fsp3) is 0.533. The molecule has 0 saturated heterocycles. The van der Waals surface area contributed by atoms with Gasteiger partial charge in [0.25, 0.3) is 0 Å². The van der Waals surface area contributed by atoms with Gasteiger partial charge in [0.2, 0.25) is 5.91 Å². The number of carbonyl (C=O) groups is 1. The second-order valence-corrected chi connectivity index (χ2v) is 4.50. The van der Waals surface area contributed by atoms with Crippen LogP contribution in [0.25, 0.3) is 0 Å². The van der Waals surface area contributed by atoms with E-state index in [2.05, 4.69) is 10.2 Å². The molecule has 0 aliphatic rings. The number of nitrogens with zero attached hydrogens (tertiary/aromatic N) is 1. The standard InChI is InChI=1S/C15H24N2O3/c1-4-17(9-6-10-19-2)12-15(18)16-13-7-5-8-14(11-13)20-3/h5,7-8,11H,4,6,9-10,12H2,1-3H3,(H,16,18). The molecule has 1 N–H and O–H groups in total. The Morgan fingerprint density at radius 1 is 1.35 bits per heavy atom. The number of nitrogens with one attached hydrogen (secondary N) is 1. The molecule has 5 nitrogen and oxygen atoms in total. The van der Waals surface area contributed by atoms with Crippen molar-refractivity contribution in [2.24, 2.45) is 0 Å². The van der Waals surface area contributed by atoms with Crippen LogP contribution in [-0.2, 0) is 9.53 Å². The van der Waals surface area contributed by atoms with Gasteiger partial charge in [0.1, 0.15) is 5.75 Å². The Labute approximate surface area is 120 Å². The van der Waals surface area contributed by atoms with Gasteiger partial charge in [0, 0.05) is 32.0 Å². The monoisotopic (exact) mass is 280 g/mol. The predicted molar refractivity (Wildman–Crippen MR) is 80.2 cm³/mol. The van der Waals surface area contributed by atoms with Crippen LogP contribution in [0.2, 0.25) is 0 Å². The van der Waals surface area contributed by atoms with Crippen molar-refractivity contribution in [3.63, 3.8) is 0 Å². The molecule has 1 rings (SSSR count). The molecule has 1 aromatic rings. The Kier molecular flexibility index (Phi) is 7.69. The van der Waals surface area contributed by atoms with E-state index in [1.165, 1.54) is 0 Å². The number of ether oxygens (including phenoxy) is 2. The molecule has 1 amide bonds. The van der Waals surface area contributed by atoms with Gasteiger partial charge in [-0.25, -0.2) is 0 Å². The minimum Gasteiger partial charge on any atom is -0.497 e. The largest absolute Gasteiger partial charge is 0.497 e. The van der Waals surface area contributed by atoms with Gasteiger partial charge in [0.15, 0.2) is 0 Å². The summed E-state index contributed by atoms with van der Waals surface area (Å²) in [5.41, 5.74) is 0.752. The van der Waals surface area contributed by atoms with Gasteiger partial charge >= 0.3 is 0 Å². The Morgan fingerprint density at radius 2 is 2.15 bits per heavy atom. The zero-order chi connectivity index (χ0) is 14.8. The summed E-state index contributed by atoms with van der Waals surface area (Å²) in [6.07, 6.45) is 0.927. The molecule has 0 saturated carbocycles. The van der Waals surface area contributed by atoms with Gasteiger partial charge in [-0.05, 0) is 25.1 Å². The lowest BCUT2D eigenvalue weighted by molar-refractivity contribution is -0.117. The summed E-state index contributed by atoms with van der Waals surface area (Å²) < 4.78 is 10.2. The third-order valence-corrected chi connectivity index (χ3v) is 2.99. The summed E-state index contributed by atoms with van der Waals surface area (Å²) in [5, 5.41) is 2.88. The van der Waals surface area contributed by atoms with Gasteiger partial charge in [-0.3, -0.25) is 9.69 Å². The van der Waals surface area contributed by atoms with Crippen molar-refractivity contribution >= 4 is 11.6 Å². The summed E-state index contributed by atoms with van der Waals surface area (Å²) in [6.45, 7) is 4.85.